The van der Waals surface area contributed by atoms with E-state index in [-0.39, 0.29) is 17.6 Å². The largest absolute Gasteiger partial charge is 0.383 e. The van der Waals surface area contributed by atoms with Crippen LogP contribution in [0.1, 0.15) is 29.0 Å². The summed E-state index contributed by atoms with van der Waals surface area (Å²) in [6, 6.07) is 25.2. The predicted molar refractivity (Wildman–Crippen MR) is 130 cm³/mol. The molecule has 0 spiro atoms. The summed E-state index contributed by atoms with van der Waals surface area (Å²) in [6.45, 7) is 1.63. The number of para-hydroxylation sites is 1. The summed E-state index contributed by atoms with van der Waals surface area (Å²) in [6.07, 6.45) is 3.32. The van der Waals surface area contributed by atoms with Gasteiger partial charge in [-0.25, -0.2) is 4.39 Å². The van der Waals surface area contributed by atoms with Crippen LogP contribution in [-0.4, -0.2) is 30.7 Å². The van der Waals surface area contributed by atoms with Crippen molar-refractivity contribution in [1.82, 2.24) is 9.88 Å². The number of fused-ring (bicyclic) bond motifs is 1. The Bertz CT molecular complexity index is 1190. The highest BCUT2D eigenvalue weighted by molar-refractivity contribution is 5.86. The Balaban J connectivity index is 1.67. The third-order valence-electron chi connectivity index (χ3n) is 5.91. The van der Waals surface area contributed by atoms with Crippen molar-refractivity contribution < 1.29 is 13.9 Å². The van der Waals surface area contributed by atoms with E-state index in [4.69, 9.17) is 4.74 Å². The van der Waals surface area contributed by atoms with E-state index >= 15 is 0 Å². The molecule has 1 N–H and O–H groups in total. The molecule has 1 aromatic heterocycles. The number of carbonyl (C=O) groups is 1. The van der Waals surface area contributed by atoms with Gasteiger partial charge in [0.15, 0.2) is 0 Å². The molecule has 0 unspecified atom stereocenters. The van der Waals surface area contributed by atoms with Gasteiger partial charge in [0.2, 0.25) is 5.91 Å². The molecule has 4 aromatic rings. The number of amides is 1. The van der Waals surface area contributed by atoms with E-state index in [1.807, 2.05) is 42.5 Å². The molecule has 0 aliphatic carbocycles. The summed E-state index contributed by atoms with van der Waals surface area (Å²) < 4.78 is 20.6. The molecule has 170 valence electrons. The van der Waals surface area contributed by atoms with Crippen LogP contribution < -0.4 is 5.32 Å². The zero-order chi connectivity index (χ0) is 23.0. The van der Waals surface area contributed by atoms with Crippen LogP contribution in [0, 0.1) is 5.82 Å². The van der Waals surface area contributed by atoms with Gasteiger partial charge in [-0.15, -0.1) is 0 Å². The zero-order valence-corrected chi connectivity index (χ0v) is 18.8. The molecule has 1 heterocycles. The van der Waals surface area contributed by atoms with Gasteiger partial charge >= 0.3 is 0 Å². The summed E-state index contributed by atoms with van der Waals surface area (Å²) in [7, 11) is 1.63. The fraction of sp³-hybridized carbons (Fsp3) is 0.250. The molecule has 3 aromatic carbocycles. The van der Waals surface area contributed by atoms with Crippen LogP contribution in [0.4, 0.5) is 4.39 Å². The van der Waals surface area contributed by atoms with Crippen molar-refractivity contribution in [2.45, 2.75) is 25.3 Å². The van der Waals surface area contributed by atoms with Crippen LogP contribution in [0.2, 0.25) is 0 Å². The summed E-state index contributed by atoms with van der Waals surface area (Å²) >= 11 is 0. The third kappa shape index (κ3) is 5.88. The summed E-state index contributed by atoms with van der Waals surface area (Å²) in [4.78, 5) is 12.7. The zero-order valence-electron chi connectivity index (χ0n) is 18.8. The monoisotopic (exact) mass is 444 g/mol. The van der Waals surface area contributed by atoms with Crippen LogP contribution in [0.5, 0.6) is 0 Å². The van der Waals surface area contributed by atoms with Gasteiger partial charge in [0.25, 0.3) is 0 Å². The Morgan fingerprint density at radius 2 is 1.70 bits per heavy atom. The van der Waals surface area contributed by atoms with Gasteiger partial charge < -0.3 is 14.6 Å². The van der Waals surface area contributed by atoms with E-state index in [1.165, 1.54) is 17.7 Å². The molecule has 0 fully saturated rings. The average Bonchev–Trinajstić information content (AvgIpc) is 3.19. The summed E-state index contributed by atoms with van der Waals surface area (Å²) in [5, 5.41) is 4.11. The van der Waals surface area contributed by atoms with Crippen LogP contribution in [0.3, 0.4) is 0 Å². The van der Waals surface area contributed by atoms with Crippen molar-refractivity contribution in [3.05, 3.63) is 108 Å². The first-order chi connectivity index (χ1) is 16.1. The molecule has 0 bridgehead atoms. The molecule has 0 radical (unpaired) electrons. The molecule has 0 saturated heterocycles. The molecule has 0 saturated carbocycles. The minimum Gasteiger partial charge on any atom is -0.383 e. The number of rotatable bonds is 10. The van der Waals surface area contributed by atoms with Crippen LogP contribution in [0.25, 0.3) is 10.9 Å². The quantitative estimate of drug-likeness (QED) is 0.337. The number of aromatic nitrogens is 1. The molecule has 4 nitrogen and oxygen atoms in total. The van der Waals surface area contributed by atoms with E-state index in [9.17, 15) is 9.18 Å². The molecule has 1 amide bonds. The predicted octanol–water partition coefficient (Wildman–Crippen LogP) is 5.31. The summed E-state index contributed by atoms with van der Waals surface area (Å²) in [5.41, 5.74) is 4.48. The molecule has 0 aliphatic rings. The Labute approximate surface area is 194 Å². The van der Waals surface area contributed by atoms with Crippen molar-refractivity contribution in [3.8, 4) is 0 Å². The number of nitrogens with one attached hydrogen (secondary N) is 1. The van der Waals surface area contributed by atoms with Gasteiger partial charge in [0, 0.05) is 43.7 Å². The van der Waals surface area contributed by atoms with E-state index in [0.29, 0.717) is 26.1 Å². The fourth-order valence-electron chi connectivity index (χ4n) is 4.30. The minimum atomic E-state index is -0.237. The maximum absolute atomic E-state index is 13.4. The Kier molecular flexibility index (Phi) is 7.53. The molecule has 1 atom stereocenters. The number of methoxy groups -OCH3 is 1. The van der Waals surface area contributed by atoms with Crippen molar-refractivity contribution >= 4 is 16.8 Å². The Morgan fingerprint density at radius 1 is 0.970 bits per heavy atom. The molecule has 0 aliphatic heterocycles. The molecular weight excluding hydrogens is 415 g/mol. The van der Waals surface area contributed by atoms with Crippen LogP contribution >= 0.6 is 0 Å². The third-order valence-corrected chi connectivity index (χ3v) is 5.91. The van der Waals surface area contributed by atoms with Crippen molar-refractivity contribution in [2.24, 2.45) is 0 Å². The highest BCUT2D eigenvalue weighted by Gasteiger charge is 2.21. The average molecular weight is 445 g/mol. The highest BCUT2D eigenvalue weighted by atomic mass is 19.1. The second-order valence-electron chi connectivity index (χ2n) is 8.29. The standard InChI is InChI=1S/C28H29FN2O2/c1-33-16-15-30-28(32)18-23(17-21-7-3-2-4-8-21)26-20-31(27-10-6-5-9-25(26)27)19-22-11-13-24(29)14-12-22/h2-14,20,23H,15-19H2,1H3,(H,30,32)/t23-/m0/s1. The lowest BCUT2D eigenvalue weighted by Crippen LogP contribution is -2.28. The first kappa shape index (κ1) is 22.7. The van der Waals surface area contributed by atoms with Crippen LogP contribution in [0.15, 0.2) is 85.1 Å². The van der Waals surface area contributed by atoms with Crippen molar-refractivity contribution in [3.63, 3.8) is 0 Å². The van der Waals surface area contributed by atoms with E-state index < -0.39 is 0 Å². The van der Waals surface area contributed by atoms with Gasteiger partial charge in [0.1, 0.15) is 5.82 Å². The minimum absolute atomic E-state index is 0.0170. The molecule has 5 heteroatoms. The number of benzene rings is 3. The fourth-order valence-corrected chi connectivity index (χ4v) is 4.30. The summed E-state index contributed by atoms with van der Waals surface area (Å²) in [5.74, 6) is -0.197. The first-order valence-electron chi connectivity index (χ1n) is 11.3. The molecular formula is C28H29FN2O2. The van der Waals surface area contributed by atoms with E-state index in [1.54, 1.807) is 7.11 Å². The lowest BCUT2D eigenvalue weighted by molar-refractivity contribution is -0.121. The number of ether oxygens (including phenoxy) is 1. The number of hydrogen-bond donors (Lipinski definition) is 1. The van der Waals surface area contributed by atoms with Crippen LogP contribution in [-0.2, 0) is 22.5 Å². The Hall–Kier alpha value is -3.44. The lowest BCUT2D eigenvalue weighted by atomic mass is 9.88. The SMILES string of the molecule is COCCNC(=O)C[C@H](Cc1ccccc1)c1cn(Cc2ccc(F)cc2)c2ccccc12. The van der Waals surface area contributed by atoms with Gasteiger partial charge in [-0.1, -0.05) is 60.7 Å². The van der Waals surface area contributed by atoms with Gasteiger partial charge in [-0.05, 0) is 47.2 Å². The van der Waals surface area contributed by atoms with E-state index in [2.05, 4.69) is 40.3 Å². The second kappa shape index (κ2) is 10.9. The molecule has 33 heavy (non-hydrogen) atoms. The van der Waals surface area contributed by atoms with Gasteiger partial charge in [0.05, 0.1) is 6.61 Å². The van der Waals surface area contributed by atoms with Crippen molar-refractivity contribution in [2.75, 3.05) is 20.3 Å². The highest BCUT2D eigenvalue weighted by Crippen LogP contribution is 2.33. The normalized spacial score (nSPS) is 12.1. The van der Waals surface area contributed by atoms with E-state index in [0.717, 1.165) is 28.5 Å². The number of halogens is 1. The van der Waals surface area contributed by atoms with Gasteiger partial charge in [-0.3, -0.25) is 4.79 Å². The lowest BCUT2D eigenvalue weighted by Gasteiger charge is -2.17. The number of carbonyl (C=O) groups excluding carboxylic acids is 1. The first-order valence-corrected chi connectivity index (χ1v) is 11.3. The number of hydrogen-bond acceptors (Lipinski definition) is 2. The topological polar surface area (TPSA) is 43.3 Å². The van der Waals surface area contributed by atoms with Gasteiger partial charge in [-0.2, -0.15) is 0 Å². The maximum Gasteiger partial charge on any atom is 0.220 e. The van der Waals surface area contributed by atoms with Crippen molar-refractivity contribution in [1.29, 1.82) is 0 Å². The number of nitrogens with zero attached hydrogens (tertiary/aromatic N) is 1. The molecule has 4 rings (SSSR count). The maximum atomic E-state index is 13.4. The second-order valence-corrected chi connectivity index (χ2v) is 8.29. The smallest absolute Gasteiger partial charge is 0.220 e. The Morgan fingerprint density at radius 3 is 2.45 bits per heavy atom.